The summed E-state index contributed by atoms with van der Waals surface area (Å²) in [6.45, 7) is 2.77. The Morgan fingerprint density at radius 3 is 2.55 bits per heavy atom. The van der Waals surface area contributed by atoms with Crippen LogP contribution in [0.25, 0.3) is 0 Å². The molecular formula is C19H22F2N3O4P. The molecule has 7 nitrogen and oxygen atoms in total. The number of halogens is 2. The first-order valence-corrected chi connectivity index (χ1v) is 9.29. The Morgan fingerprint density at radius 1 is 1.34 bits per heavy atom. The van der Waals surface area contributed by atoms with E-state index in [0.717, 1.165) is 0 Å². The lowest BCUT2D eigenvalue weighted by Gasteiger charge is -2.19. The first-order valence-electron chi connectivity index (χ1n) is 8.71. The number of aliphatic hydroxyl groups excluding tert-OH is 1. The van der Waals surface area contributed by atoms with E-state index in [0.29, 0.717) is 29.1 Å². The van der Waals surface area contributed by atoms with Crippen LogP contribution in [-0.2, 0) is 9.53 Å². The van der Waals surface area contributed by atoms with Crippen LogP contribution in [0.1, 0.15) is 37.5 Å². The Kier molecular flexibility index (Phi) is 7.59. The molecule has 1 aromatic heterocycles. The van der Waals surface area contributed by atoms with Crippen LogP contribution in [0.3, 0.4) is 0 Å². The third-order valence-corrected chi connectivity index (χ3v) is 3.93. The Bertz CT molecular complexity index is 873. The van der Waals surface area contributed by atoms with Gasteiger partial charge in [-0.25, -0.2) is 4.98 Å². The number of pyridine rings is 1. The lowest BCUT2D eigenvalue weighted by atomic mass is 9.98. The number of nitrogens with one attached hydrogen (secondary N) is 2. The number of aromatic nitrogens is 1. The standard InChI is InChI=1S/C19H22F2N3O4P/c1-3-15(22)17-14(16(26)10-27-11(2)25)8-9-23-18(17)24-12-4-6-13(7-5-12)28-19(20,21)29/h4-9,16,22,26H,3,10,29H2,1-2H3,(H,23,24). The zero-order valence-corrected chi connectivity index (χ0v) is 17.1. The molecule has 2 atom stereocenters. The van der Waals surface area contributed by atoms with E-state index >= 15 is 0 Å². The Labute approximate surface area is 169 Å². The Hall–Kier alpha value is -2.64. The molecule has 29 heavy (non-hydrogen) atoms. The molecule has 0 amide bonds. The van der Waals surface area contributed by atoms with E-state index in [1.165, 1.54) is 46.6 Å². The second-order valence-electron chi connectivity index (χ2n) is 6.09. The van der Waals surface area contributed by atoms with Gasteiger partial charge >= 0.3 is 11.8 Å². The van der Waals surface area contributed by atoms with Gasteiger partial charge in [0.05, 0.1) is 0 Å². The second-order valence-corrected chi connectivity index (χ2v) is 6.76. The van der Waals surface area contributed by atoms with Crippen LogP contribution >= 0.6 is 9.24 Å². The number of carbonyl (C=O) groups excluding carboxylic acids is 1. The smallest absolute Gasteiger partial charge is 0.408 e. The van der Waals surface area contributed by atoms with Gasteiger partial charge in [0.1, 0.15) is 24.3 Å². The number of benzene rings is 1. The first kappa shape index (κ1) is 22.6. The summed E-state index contributed by atoms with van der Waals surface area (Å²) in [5.74, 6) is -3.61. The van der Waals surface area contributed by atoms with Crippen LogP contribution in [0.2, 0.25) is 0 Å². The third kappa shape index (κ3) is 6.73. The van der Waals surface area contributed by atoms with Crippen molar-refractivity contribution < 1.29 is 28.2 Å². The van der Waals surface area contributed by atoms with Crippen LogP contribution in [0.5, 0.6) is 5.75 Å². The van der Waals surface area contributed by atoms with Gasteiger partial charge in [0.2, 0.25) is 0 Å². The fourth-order valence-electron chi connectivity index (χ4n) is 2.53. The molecular weight excluding hydrogens is 403 g/mol. The molecule has 0 aliphatic rings. The van der Waals surface area contributed by atoms with E-state index in [9.17, 15) is 18.7 Å². The van der Waals surface area contributed by atoms with Crippen molar-refractivity contribution in [2.24, 2.45) is 0 Å². The van der Waals surface area contributed by atoms with Gasteiger partial charge in [0.15, 0.2) is 0 Å². The number of rotatable bonds is 9. The molecule has 0 saturated heterocycles. The monoisotopic (exact) mass is 425 g/mol. The van der Waals surface area contributed by atoms with Crippen molar-refractivity contribution in [3.63, 3.8) is 0 Å². The molecule has 0 fully saturated rings. The molecule has 0 bridgehead atoms. The highest BCUT2D eigenvalue weighted by molar-refractivity contribution is 7.17. The maximum Gasteiger partial charge on any atom is 0.408 e. The van der Waals surface area contributed by atoms with Crippen LogP contribution in [-0.4, -0.2) is 34.2 Å². The predicted molar refractivity (Wildman–Crippen MR) is 108 cm³/mol. The summed E-state index contributed by atoms with van der Waals surface area (Å²) in [5, 5.41) is 21.7. The van der Waals surface area contributed by atoms with E-state index in [1.807, 2.05) is 0 Å². The number of ether oxygens (including phenoxy) is 2. The summed E-state index contributed by atoms with van der Waals surface area (Å²) in [4.78, 5) is 15.3. The lowest BCUT2D eigenvalue weighted by Crippen LogP contribution is -2.16. The van der Waals surface area contributed by atoms with Gasteiger partial charge in [-0.2, -0.15) is 8.78 Å². The minimum absolute atomic E-state index is 0.0180. The number of esters is 1. The van der Waals surface area contributed by atoms with E-state index in [1.54, 1.807) is 13.0 Å². The zero-order valence-electron chi connectivity index (χ0n) is 15.9. The van der Waals surface area contributed by atoms with Gasteiger partial charge in [0.25, 0.3) is 0 Å². The molecule has 2 rings (SSSR count). The molecule has 0 aliphatic heterocycles. The van der Waals surface area contributed by atoms with Gasteiger partial charge in [-0.3, -0.25) is 4.79 Å². The largest absolute Gasteiger partial charge is 0.463 e. The lowest BCUT2D eigenvalue weighted by molar-refractivity contribution is -0.144. The Balaban J connectivity index is 2.31. The highest BCUT2D eigenvalue weighted by Gasteiger charge is 2.23. The van der Waals surface area contributed by atoms with E-state index in [4.69, 9.17) is 10.1 Å². The summed E-state index contributed by atoms with van der Waals surface area (Å²) >= 11 is 0. The summed E-state index contributed by atoms with van der Waals surface area (Å²) < 4.78 is 35.1. The van der Waals surface area contributed by atoms with Gasteiger partial charge in [-0.05, 0) is 51.6 Å². The van der Waals surface area contributed by atoms with Gasteiger partial charge < -0.3 is 25.3 Å². The number of aliphatic hydroxyl groups is 1. The number of anilines is 2. The number of nitrogens with zero attached hydrogens (tertiary/aromatic N) is 1. The molecule has 2 aromatic rings. The van der Waals surface area contributed by atoms with Gasteiger partial charge in [0, 0.05) is 30.1 Å². The maximum atomic E-state index is 12.9. The zero-order chi connectivity index (χ0) is 21.6. The van der Waals surface area contributed by atoms with Crippen molar-refractivity contribution in [3.05, 3.63) is 47.7 Å². The third-order valence-electron chi connectivity index (χ3n) is 3.81. The number of alkyl halides is 2. The quantitative estimate of drug-likeness (QED) is 0.319. The van der Waals surface area contributed by atoms with E-state index in [2.05, 4.69) is 15.0 Å². The molecule has 10 heteroatoms. The normalized spacial score (nSPS) is 12.2. The predicted octanol–water partition coefficient (Wildman–Crippen LogP) is 4.00. The first-order chi connectivity index (χ1) is 13.6. The van der Waals surface area contributed by atoms with Crippen molar-refractivity contribution in [2.75, 3.05) is 11.9 Å². The summed E-state index contributed by atoms with van der Waals surface area (Å²) in [7, 11) is 1.30. The molecule has 0 radical (unpaired) electrons. The summed E-state index contributed by atoms with van der Waals surface area (Å²) in [6, 6.07) is 7.33. The minimum Gasteiger partial charge on any atom is -0.463 e. The molecule has 0 saturated carbocycles. The molecule has 3 N–H and O–H groups in total. The van der Waals surface area contributed by atoms with E-state index < -0.39 is 17.9 Å². The van der Waals surface area contributed by atoms with Gasteiger partial charge in [-0.1, -0.05) is 6.92 Å². The molecule has 1 heterocycles. The van der Waals surface area contributed by atoms with Crippen molar-refractivity contribution in [3.8, 4) is 5.75 Å². The molecule has 0 aliphatic carbocycles. The van der Waals surface area contributed by atoms with Crippen molar-refractivity contribution in [2.45, 2.75) is 32.2 Å². The van der Waals surface area contributed by atoms with Crippen LogP contribution < -0.4 is 10.1 Å². The Morgan fingerprint density at radius 2 is 2.00 bits per heavy atom. The molecule has 1 aromatic carbocycles. The average Bonchev–Trinajstić information content (AvgIpc) is 2.65. The van der Waals surface area contributed by atoms with Gasteiger partial charge in [-0.15, -0.1) is 0 Å². The van der Waals surface area contributed by atoms with Crippen LogP contribution in [0, 0.1) is 5.41 Å². The molecule has 156 valence electrons. The topological polar surface area (TPSA) is 105 Å². The molecule has 2 unspecified atom stereocenters. The fourth-order valence-corrected chi connectivity index (χ4v) is 2.67. The highest BCUT2D eigenvalue weighted by Crippen LogP contribution is 2.30. The van der Waals surface area contributed by atoms with Crippen molar-refractivity contribution in [1.29, 1.82) is 5.41 Å². The highest BCUT2D eigenvalue weighted by atomic mass is 31.0. The van der Waals surface area contributed by atoms with Crippen LogP contribution in [0.15, 0.2) is 36.5 Å². The summed E-state index contributed by atoms with van der Waals surface area (Å²) in [5.41, 5.74) is 1.51. The second kappa shape index (κ2) is 9.71. The average molecular weight is 425 g/mol. The number of carbonyl (C=O) groups is 1. The number of hydrogen-bond donors (Lipinski definition) is 3. The SMILES string of the molecule is CCC(=N)c1c(C(O)COC(C)=O)ccnc1Nc1ccc(OC(F)(F)P)cc1. The van der Waals surface area contributed by atoms with Crippen molar-refractivity contribution >= 4 is 32.4 Å². The fraction of sp³-hybridized carbons (Fsp3) is 0.316. The van der Waals surface area contributed by atoms with E-state index in [-0.39, 0.29) is 18.1 Å². The molecule has 0 spiro atoms. The summed E-state index contributed by atoms with van der Waals surface area (Å²) in [6.07, 6.45) is 0.696. The number of hydrogen-bond acceptors (Lipinski definition) is 7. The van der Waals surface area contributed by atoms with Crippen LogP contribution in [0.4, 0.5) is 20.3 Å². The minimum atomic E-state index is -3.37. The van der Waals surface area contributed by atoms with Crippen molar-refractivity contribution in [1.82, 2.24) is 4.98 Å². The maximum absolute atomic E-state index is 12.9.